The summed E-state index contributed by atoms with van der Waals surface area (Å²) in [5.41, 5.74) is -2.27. The van der Waals surface area contributed by atoms with Crippen LogP contribution in [0.2, 0.25) is 0 Å². The van der Waals surface area contributed by atoms with Crippen molar-refractivity contribution in [3.05, 3.63) is 27.7 Å². The Kier molecular flexibility index (Phi) is 3.31. The van der Waals surface area contributed by atoms with Gasteiger partial charge in [0.1, 0.15) is 12.4 Å². The Bertz CT molecular complexity index is 452. The zero-order chi connectivity index (χ0) is 12.3. The third kappa shape index (κ3) is 2.81. The number of nitrogens with one attached hydrogen (secondary N) is 1. The molecule has 0 aliphatic rings. The highest BCUT2D eigenvalue weighted by molar-refractivity contribution is 5.76. The monoisotopic (exact) mass is 239 g/mol. The molecule has 8 heteroatoms. The van der Waals surface area contributed by atoms with Crippen molar-refractivity contribution >= 4 is 6.29 Å². The molecule has 1 rings (SSSR count). The lowest BCUT2D eigenvalue weighted by molar-refractivity contribution is -0.275. The minimum absolute atomic E-state index is 0.0539. The number of aromatic nitrogens is 1. The second-order valence-electron chi connectivity index (χ2n) is 2.70. The van der Waals surface area contributed by atoms with Gasteiger partial charge in [-0.05, 0) is 0 Å². The molecule has 0 aliphatic heterocycles. The molecule has 16 heavy (non-hydrogen) atoms. The van der Waals surface area contributed by atoms with Gasteiger partial charge < -0.3 is 9.72 Å². The van der Waals surface area contributed by atoms with Gasteiger partial charge in [0, 0.05) is 6.07 Å². The molecule has 0 atom stereocenters. The molecular formula is C8H5F4NO3. The Morgan fingerprint density at radius 1 is 1.44 bits per heavy atom. The van der Waals surface area contributed by atoms with Gasteiger partial charge in [0.25, 0.3) is 0 Å². The number of alkyl halides is 4. The third-order valence-electron chi connectivity index (χ3n) is 1.55. The average Bonchev–Trinajstić information content (AvgIpc) is 2.19. The van der Waals surface area contributed by atoms with E-state index in [9.17, 15) is 27.2 Å². The van der Waals surface area contributed by atoms with Crippen LogP contribution in [0.4, 0.5) is 17.6 Å². The summed E-state index contributed by atoms with van der Waals surface area (Å²) in [6, 6.07) is 0.591. The van der Waals surface area contributed by atoms with Crippen molar-refractivity contribution in [1.82, 2.24) is 4.98 Å². The number of pyridine rings is 1. The molecule has 1 N–H and O–H groups in total. The zero-order valence-electron chi connectivity index (χ0n) is 7.60. The van der Waals surface area contributed by atoms with Gasteiger partial charge in [-0.1, -0.05) is 0 Å². The summed E-state index contributed by atoms with van der Waals surface area (Å²) in [5.74, 6) is -1.19. The topological polar surface area (TPSA) is 59.2 Å². The van der Waals surface area contributed by atoms with Crippen LogP contribution in [0.5, 0.6) is 5.75 Å². The van der Waals surface area contributed by atoms with Gasteiger partial charge in [-0.3, -0.25) is 9.59 Å². The van der Waals surface area contributed by atoms with E-state index in [2.05, 4.69) is 4.74 Å². The van der Waals surface area contributed by atoms with Crippen molar-refractivity contribution in [3.8, 4) is 5.75 Å². The molecule has 88 valence electrons. The van der Waals surface area contributed by atoms with E-state index in [0.717, 1.165) is 0 Å². The first-order valence-corrected chi connectivity index (χ1v) is 3.90. The lowest BCUT2D eigenvalue weighted by atomic mass is 10.3. The molecule has 0 unspecified atom stereocenters. The van der Waals surface area contributed by atoms with Crippen LogP contribution in [0.25, 0.3) is 0 Å². The normalized spacial score (nSPS) is 11.2. The van der Waals surface area contributed by atoms with E-state index in [1.165, 1.54) is 0 Å². The van der Waals surface area contributed by atoms with Crippen LogP contribution in [0.1, 0.15) is 16.2 Å². The van der Waals surface area contributed by atoms with E-state index >= 15 is 0 Å². The first kappa shape index (κ1) is 12.2. The predicted molar refractivity (Wildman–Crippen MR) is 43.9 cm³/mol. The Labute approximate surface area is 85.8 Å². The smallest absolute Gasteiger partial charge is 0.399 e. The molecule has 0 saturated heterocycles. The lowest BCUT2D eigenvalue weighted by Crippen LogP contribution is -2.23. The molecule has 0 bridgehead atoms. The maximum atomic E-state index is 12.1. The largest absolute Gasteiger partial charge is 0.573 e. The number of ether oxygens (including phenoxy) is 1. The summed E-state index contributed by atoms with van der Waals surface area (Å²) in [6.45, 7) is -1.11. The van der Waals surface area contributed by atoms with Crippen molar-refractivity contribution < 1.29 is 27.1 Å². The Balaban J connectivity index is 3.28. The molecule has 0 aliphatic carbocycles. The van der Waals surface area contributed by atoms with E-state index < -0.39 is 29.9 Å². The summed E-state index contributed by atoms with van der Waals surface area (Å²) in [4.78, 5) is 23.5. The van der Waals surface area contributed by atoms with Crippen molar-refractivity contribution in [2.75, 3.05) is 0 Å². The fraction of sp³-hybridized carbons (Fsp3) is 0.250. The highest BCUT2D eigenvalue weighted by Crippen LogP contribution is 2.21. The molecule has 1 aromatic heterocycles. The molecule has 0 radical (unpaired) electrons. The van der Waals surface area contributed by atoms with E-state index in [1.54, 1.807) is 0 Å². The van der Waals surface area contributed by atoms with Crippen LogP contribution in [-0.4, -0.2) is 17.6 Å². The molecule has 0 amide bonds. The number of hydrogen-bond acceptors (Lipinski definition) is 3. The van der Waals surface area contributed by atoms with E-state index in [1.807, 2.05) is 4.98 Å². The van der Waals surface area contributed by atoms with Crippen molar-refractivity contribution in [3.63, 3.8) is 0 Å². The minimum atomic E-state index is -5.10. The SMILES string of the molecule is O=Cc1[nH]c(CF)cc(=O)c1OC(F)(F)F. The van der Waals surface area contributed by atoms with Gasteiger partial charge in [-0.15, -0.1) is 13.2 Å². The summed E-state index contributed by atoms with van der Waals surface area (Å²) in [6.07, 6.45) is -5.15. The highest BCUT2D eigenvalue weighted by Gasteiger charge is 2.33. The molecule has 4 nitrogen and oxygen atoms in total. The fourth-order valence-electron chi connectivity index (χ4n) is 0.998. The number of hydrogen-bond donors (Lipinski definition) is 1. The fourth-order valence-corrected chi connectivity index (χ4v) is 0.998. The number of aldehydes is 1. The second-order valence-corrected chi connectivity index (χ2v) is 2.70. The number of halogens is 4. The molecule has 1 heterocycles. The quantitative estimate of drug-likeness (QED) is 0.643. The number of rotatable bonds is 3. The molecule has 1 aromatic rings. The van der Waals surface area contributed by atoms with E-state index in [0.29, 0.717) is 6.07 Å². The summed E-state index contributed by atoms with van der Waals surface area (Å²) in [5, 5.41) is 0. The van der Waals surface area contributed by atoms with Crippen molar-refractivity contribution in [2.24, 2.45) is 0 Å². The summed E-state index contributed by atoms with van der Waals surface area (Å²) < 4.78 is 51.1. The van der Waals surface area contributed by atoms with Crippen LogP contribution in [-0.2, 0) is 6.67 Å². The molecule has 0 spiro atoms. The number of carbonyl (C=O) groups is 1. The first-order valence-electron chi connectivity index (χ1n) is 3.90. The minimum Gasteiger partial charge on any atom is -0.399 e. The second kappa shape index (κ2) is 4.33. The molecular weight excluding hydrogens is 234 g/mol. The van der Waals surface area contributed by atoms with Crippen LogP contribution in [0.15, 0.2) is 10.9 Å². The Hall–Kier alpha value is -1.86. The van der Waals surface area contributed by atoms with E-state index in [-0.39, 0.29) is 12.0 Å². The van der Waals surface area contributed by atoms with E-state index in [4.69, 9.17) is 0 Å². The van der Waals surface area contributed by atoms with Crippen LogP contribution < -0.4 is 10.2 Å². The van der Waals surface area contributed by atoms with Crippen LogP contribution >= 0.6 is 0 Å². The number of aromatic amines is 1. The third-order valence-corrected chi connectivity index (χ3v) is 1.55. The zero-order valence-corrected chi connectivity index (χ0v) is 7.60. The number of H-pyrrole nitrogens is 1. The summed E-state index contributed by atoms with van der Waals surface area (Å²) in [7, 11) is 0. The summed E-state index contributed by atoms with van der Waals surface area (Å²) >= 11 is 0. The lowest BCUT2D eigenvalue weighted by Gasteiger charge is -2.10. The molecule has 0 saturated carbocycles. The molecule has 0 aromatic carbocycles. The maximum Gasteiger partial charge on any atom is 0.573 e. The standard InChI is InChI=1S/C8H5F4NO3/c9-2-4-1-6(15)7(5(3-14)13-4)16-8(10,11)12/h1,3H,2H2,(H,13,15). The van der Waals surface area contributed by atoms with Gasteiger partial charge in [0.15, 0.2) is 6.29 Å². The van der Waals surface area contributed by atoms with Crippen LogP contribution in [0, 0.1) is 0 Å². The number of carbonyl (C=O) groups excluding carboxylic acids is 1. The van der Waals surface area contributed by atoms with Gasteiger partial charge in [0.2, 0.25) is 11.2 Å². The van der Waals surface area contributed by atoms with Crippen molar-refractivity contribution in [2.45, 2.75) is 13.0 Å². The Morgan fingerprint density at radius 3 is 2.50 bits per heavy atom. The first-order chi connectivity index (χ1) is 7.37. The van der Waals surface area contributed by atoms with Gasteiger partial charge in [-0.25, -0.2) is 4.39 Å². The Morgan fingerprint density at radius 2 is 2.06 bits per heavy atom. The van der Waals surface area contributed by atoms with Gasteiger partial charge >= 0.3 is 6.36 Å². The van der Waals surface area contributed by atoms with Gasteiger partial charge in [-0.2, -0.15) is 0 Å². The highest BCUT2D eigenvalue weighted by atomic mass is 19.4. The maximum absolute atomic E-state index is 12.1. The van der Waals surface area contributed by atoms with Gasteiger partial charge in [0.05, 0.1) is 5.69 Å². The predicted octanol–water partition coefficient (Wildman–Crippen LogP) is 1.56. The molecule has 0 fully saturated rings. The van der Waals surface area contributed by atoms with Crippen LogP contribution in [0.3, 0.4) is 0 Å². The average molecular weight is 239 g/mol. The van der Waals surface area contributed by atoms with Crippen molar-refractivity contribution in [1.29, 1.82) is 0 Å².